The van der Waals surface area contributed by atoms with Crippen molar-refractivity contribution in [2.75, 3.05) is 32.7 Å². The number of oxazole rings is 1. The lowest BCUT2D eigenvalue weighted by Gasteiger charge is -2.43. The number of aromatic nitrogens is 1. The summed E-state index contributed by atoms with van der Waals surface area (Å²) in [5, 5.41) is 0. The average molecular weight is 383 g/mol. The molecule has 1 spiro atoms. The molecule has 1 atom stereocenters. The number of likely N-dealkylation sites (tertiary alicyclic amines) is 2. The van der Waals surface area contributed by atoms with Crippen molar-refractivity contribution < 1.29 is 9.21 Å². The SMILES string of the molecule is O=C(Cn1c(=O)oc2ccccc21)N1CCC2(CCCN(CC3CCC3)C2)C1. The first-order valence-electron chi connectivity index (χ1n) is 10.7. The molecule has 0 radical (unpaired) electrons. The number of hydrogen-bond acceptors (Lipinski definition) is 4. The van der Waals surface area contributed by atoms with E-state index in [1.807, 2.05) is 23.1 Å². The minimum atomic E-state index is -0.451. The Morgan fingerprint density at radius 3 is 2.79 bits per heavy atom. The Labute approximate surface area is 165 Å². The van der Waals surface area contributed by atoms with Crippen molar-refractivity contribution >= 4 is 17.0 Å². The zero-order chi connectivity index (χ0) is 19.1. The second-order valence-corrected chi connectivity index (χ2v) is 9.12. The largest absolute Gasteiger partial charge is 0.420 e. The summed E-state index contributed by atoms with van der Waals surface area (Å²) in [5.74, 6) is 0.477. The van der Waals surface area contributed by atoms with Crippen LogP contribution >= 0.6 is 0 Å². The molecule has 2 aromatic rings. The minimum Gasteiger partial charge on any atom is -0.408 e. The number of carbonyl (C=O) groups is 1. The molecule has 0 N–H and O–H groups in total. The van der Waals surface area contributed by atoms with Crippen LogP contribution in [0.1, 0.15) is 38.5 Å². The van der Waals surface area contributed by atoms with Gasteiger partial charge >= 0.3 is 5.76 Å². The fourth-order valence-corrected chi connectivity index (χ4v) is 5.39. The number of amides is 1. The van der Waals surface area contributed by atoms with Crippen molar-refractivity contribution in [1.29, 1.82) is 0 Å². The summed E-state index contributed by atoms with van der Waals surface area (Å²) in [6.07, 6.45) is 7.71. The highest BCUT2D eigenvalue weighted by atomic mass is 16.4. The van der Waals surface area contributed by atoms with Gasteiger partial charge < -0.3 is 14.2 Å². The van der Waals surface area contributed by atoms with Gasteiger partial charge in [0.25, 0.3) is 0 Å². The third kappa shape index (κ3) is 3.28. The van der Waals surface area contributed by atoms with Gasteiger partial charge in [-0.1, -0.05) is 18.6 Å². The van der Waals surface area contributed by atoms with Gasteiger partial charge in [-0.25, -0.2) is 4.79 Å². The van der Waals surface area contributed by atoms with Crippen LogP contribution in [0.4, 0.5) is 0 Å². The number of para-hydroxylation sites is 2. The monoisotopic (exact) mass is 383 g/mol. The number of fused-ring (bicyclic) bond motifs is 1. The van der Waals surface area contributed by atoms with Crippen LogP contribution < -0.4 is 5.76 Å². The van der Waals surface area contributed by atoms with Gasteiger partial charge in [0.15, 0.2) is 5.58 Å². The second kappa shape index (κ2) is 7.07. The van der Waals surface area contributed by atoms with Crippen LogP contribution in [-0.4, -0.2) is 53.0 Å². The first-order chi connectivity index (χ1) is 13.6. The molecule has 1 saturated carbocycles. The Morgan fingerprint density at radius 2 is 1.96 bits per heavy atom. The van der Waals surface area contributed by atoms with Crippen molar-refractivity contribution in [3.63, 3.8) is 0 Å². The van der Waals surface area contributed by atoms with E-state index < -0.39 is 5.76 Å². The molecule has 6 heteroatoms. The highest BCUT2D eigenvalue weighted by molar-refractivity contribution is 5.79. The third-order valence-corrected chi connectivity index (χ3v) is 7.14. The van der Waals surface area contributed by atoms with E-state index in [2.05, 4.69) is 4.90 Å². The van der Waals surface area contributed by atoms with E-state index >= 15 is 0 Å². The van der Waals surface area contributed by atoms with Gasteiger partial charge in [0.05, 0.1) is 5.52 Å². The van der Waals surface area contributed by atoms with Crippen molar-refractivity contribution in [2.45, 2.75) is 45.1 Å². The molecule has 5 rings (SSSR count). The second-order valence-electron chi connectivity index (χ2n) is 9.12. The molecule has 1 aromatic carbocycles. The van der Waals surface area contributed by atoms with E-state index in [9.17, 15) is 9.59 Å². The molecule has 150 valence electrons. The Morgan fingerprint density at radius 1 is 1.11 bits per heavy atom. The average Bonchev–Trinajstić information content (AvgIpc) is 3.20. The van der Waals surface area contributed by atoms with Gasteiger partial charge in [0.2, 0.25) is 5.91 Å². The minimum absolute atomic E-state index is 0.0293. The molecule has 1 aliphatic carbocycles. The standard InChI is InChI=1S/C22H29N3O3/c26-20(14-25-18-7-1-2-8-19(18)28-21(25)27)24-12-10-22(16-24)9-4-11-23(15-22)13-17-5-3-6-17/h1-2,7-8,17H,3-6,9-16H2. The van der Waals surface area contributed by atoms with Gasteiger partial charge in [-0.3, -0.25) is 9.36 Å². The number of piperidine rings is 1. The van der Waals surface area contributed by atoms with Crippen LogP contribution in [0.25, 0.3) is 11.1 Å². The summed E-state index contributed by atoms with van der Waals surface area (Å²) in [6.45, 7) is 5.28. The van der Waals surface area contributed by atoms with E-state index in [4.69, 9.17) is 4.42 Å². The molecule has 1 unspecified atom stereocenters. The van der Waals surface area contributed by atoms with E-state index in [0.717, 1.165) is 32.0 Å². The molecule has 3 heterocycles. The summed E-state index contributed by atoms with van der Waals surface area (Å²) in [7, 11) is 0. The van der Waals surface area contributed by atoms with Crippen LogP contribution in [0.5, 0.6) is 0 Å². The van der Waals surface area contributed by atoms with Gasteiger partial charge in [-0.15, -0.1) is 0 Å². The predicted molar refractivity (Wildman–Crippen MR) is 107 cm³/mol. The van der Waals surface area contributed by atoms with Gasteiger partial charge in [-0.2, -0.15) is 0 Å². The maximum absolute atomic E-state index is 13.0. The molecule has 2 saturated heterocycles. The fourth-order valence-electron chi connectivity index (χ4n) is 5.39. The van der Waals surface area contributed by atoms with Crippen molar-refractivity contribution in [3.05, 3.63) is 34.8 Å². The Hall–Kier alpha value is -2.08. The number of carbonyl (C=O) groups excluding carboxylic acids is 1. The number of benzene rings is 1. The van der Waals surface area contributed by atoms with Crippen LogP contribution in [0.3, 0.4) is 0 Å². The Kier molecular flexibility index (Phi) is 4.54. The van der Waals surface area contributed by atoms with E-state index in [0.29, 0.717) is 11.1 Å². The fraction of sp³-hybridized carbons (Fsp3) is 0.636. The highest BCUT2D eigenvalue weighted by Crippen LogP contribution is 2.40. The van der Waals surface area contributed by atoms with Crippen LogP contribution in [0.2, 0.25) is 0 Å². The molecule has 6 nitrogen and oxygen atoms in total. The molecular formula is C22H29N3O3. The summed E-state index contributed by atoms with van der Waals surface area (Å²) >= 11 is 0. The van der Waals surface area contributed by atoms with E-state index in [-0.39, 0.29) is 17.9 Å². The third-order valence-electron chi connectivity index (χ3n) is 7.14. The lowest BCUT2D eigenvalue weighted by Crippen LogP contribution is -2.47. The lowest BCUT2D eigenvalue weighted by atomic mass is 9.78. The zero-order valence-corrected chi connectivity index (χ0v) is 16.4. The van der Waals surface area contributed by atoms with Crippen molar-refractivity contribution in [1.82, 2.24) is 14.4 Å². The van der Waals surface area contributed by atoms with Gasteiger partial charge in [-0.05, 0) is 56.7 Å². The summed E-state index contributed by atoms with van der Waals surface area (Å²) in [5.41, 5.74) is 1.48. The molecule has 1 aromatic heterocycles. The van der Waals surface area contributed by atoms with Crippen LogP contribution in [-0.2, 0) is 11.3 Å². The Bertz CT molecular complexity index is 928. The predicted octanol–water partition coefficient (Wildman–Crippen LogP) is 2.71. The molecule has 3 fully saturated rings. The molecule has 1 amide bonds. The van der Waals surface area contributed by atoms with Crippen LogP contribution in [0, 0.1) is 11.3 Å². The quantitative estimate of drug-likeness (QED) is 0.815. The normalized spacial score (nSPS) is 26.2. The Balaban J connectivity index is 1.25. The van der Waals surface area contributed by atoms with Gasteiger partial charge in [0.1, 0.15) is 6.54 Å². The lowest BCUT2D eigenvalue weighted by molar-refractivity contribution is -0.131. The maximum Gasteiger partial charge on any atom is 0.420 e. The number of nitrogens with zero attached hydrogens (tertiary/aromatic N) is 3. The van der Waals surface area contributed by atoms with Gasteiger partial charge in [0, 0.05) is 31.6 Å². The van der Waals surface area contributed by atoms with Crippen molar-refractivity contribution in [3.8, 4) is 0 Å². The first-order valence-corrected chi connectivity index (χ1v) is 10.7. The summed E-state index contributed by atoms with van der Waals surface area (Å²) < 4.78 is 6.73. The molecule has 2 aliphatic heterocycles. The molecule has 0 bridgehead atoms. The first kappa shape index (κ1) is 18.0. The molecule has 28 heavy (non-hydrogen) atoms. The summed E-state index contributed by atoms with van der Waals surface area (Å²) in [4.78, 5) is 29.8. The molecular weight excluding hydrogens is 354 g/mol. The molecule has 3 aliphatic rings. The van der Waals surface area contributed by atoms with Crippen molar-refractivity contribution in [2.24, 2.45) is 11.3 Å². The maximum atomic E-state index is 13.0. The van der Waals surface area contributed by atoms with Crippen LogP contribution in [0.15, 0.2) is 33.5 Å². The number of rotatable bonds is 4. The summed E-state index contributed by atoms with van der Waals surface area (Å²) in [6, 6.07) is 7.29. The van der Waals surface area contributed by atoms with E-state index in [1.54, 1.807) is 6.07 Å². The van der Waals surface area contributed by atoms with E-state index in [1.165, 1.54) is 49.8 Å². The highest BCUT2D eigenvalue weighted by Gasteiger charge is 2.43. The topological polar surface area (TPSA) is 58.7 Å². The number of hydrogen-bond donors (Lipinski definition) is 0. The smallest absolute Gasteiger partial charge is 0.408 e. The zero-order valence-electron chi connectivity index (χ0n) is 16.4.